The van der Waals surface area contributed by atoms with Gasteiger partial charge in [-0.1, -0.05) is 12.1 Å². The van der Waals surface area contributed by atoms with Crippen LogP contribution < -0.4 is 5.32 Å². The van der Waals surface area contributed by atoms with Crippen molar-refractivity contribution in [3.05, 3.63) is 42.5 Å². The molecule has 5 heteroatoms. The largest absolute Gasteiger partial charge is 0.314 e. The molecular formula is C15H21N5. The molecule has 0 aliphatic carbocycles. The number of nitrogens with zero attached hydrogens (tertiary/aromatic N) is 4. The Morgan fingerprint density at radius 3 is 2.45 bits per heavy atom. The summed E-state index contributed by atoms with van der Waals surface area (Å²) in [5, 5.41) is 7.61. The summed E-state index contributed by atoms with van der Waals surface area (Å²) in [7, 11) is 0. The average Bonchev–Trinajstić information content (AvgIpc) is 2.98. The van der Waals surface area contributed by atoms with Gasteiger partial charge in [-0.3, -0.25) is 4.90 Å². The molecule has 2 aromatic rings. The quantitative estimate of drug-likeness (QED) is 0.918. The van der Waals surface area contributed by atoms with Gasteiger partial charge >= 0.3 is 0 Å². The molecule has 1 aliphatic heterocycles. The lowest BCUT2D eigenvalue weighted by molar-refractivity contribution is 0.109. The fourth-order valence-corrected chi connectivity index (χ4v) is 2.79. The van der Waals surface area contributed by atoms with E-state index < -0.39 is 0 Å². The van der Waals surface area contributed by atoms with E-state index in [1.165, 1.54) is 5.56 Å². The number of rotatable bonds is 3. The fourth-order valence-electron chi connectivity index (χ4n) is 2.79. The third-order valence-corrected chi connectivity index (χ3v) is 4.00. The molecule has 0 amide bonds. The number of nitrogens with one attached hydrogen (secondary N) is 1. The molecule has 3 rings (SSSR count). The Balaban J connectivity index is 1.71. The molecule has 2 atom stereocenters. The van der Waals surface area contributed by atoms with E-state index >= 15 is 0 Å². The highest BCUT2D eigenvalue weighted by atomic mass is 15.3. The maximum atomic E-state index is 4.14. The van der Waals surface area contributed by atoms with Crippen molar-refractivity contribution in [2.45, 2.75) is 32.5 Å². The zero-order chi connectivity index (χ0) is 13.9. The van der Waals surface area contributed by atoms with Crippen LogP contribution in [0.15, 0.2) is 36.9 Å². The highest BCUT2D eigenvalue weighted by Crippen LogP contribution is 2.16. The second-order valence-electron chi connectivity index (χ2n) is 5.54. The van der Waals surface area contributed by atoms with Gasteiger partial charge < -0.3 is 5.32 Å². The van der Waals surface area contributed by atoms with E-state index in [0.717, 1.165) is 25.3 Å². The molecule has 1 aliphatic rings. The van der Waals surface area contributed by atoms with Crippen molar-refractivity contribution in [1.29, 1.82) is 0 Å². The van der Waals surface area contributed by atoms with E-state index in [0.29, 0.717) is 12.1 Å². The summed E-state index contributed by atoms with van der Waals surface area (Å²) in [5.41, 5.74) is 2.39. The van der Waals surface area contributed by atoms with E-state index in [1.807, 2.05) is 0 Å². The van der Waals surface area contributed by atoms with E-state index in [2.05, 4.69) is 58.4 Å². The zero-order valence-corrected chi connectivity index (χ0v) is 12.0. The average molecular weight is 271 g/mol. The molecular weight excluding hydrogens is 250 g/mol. The lowest BCUT2D eigenvalue weighted by Crippen LogP contribution is -2.54. The van der Waals surface area contributed by atoms with E-state index in [4.69, 9.17) is 0 Å². The van der Waals surface area contributed by atoms with Gasteiger partial charge in [-0.25, -0.2) is 9.67 Å². The van der Waals surface area contributed by atoms with Crippen molar-refractivity contribution in [2.24, 2.45) is 0 Å². The summed E-state index contributed by atoms with van der Waals surface area (Å²) in [6.45, 7) is 7.71. The number of benzene rings is 1. The highest BCUT2D eigenvalue weighted by molar-refractivity contribution is 5.33. The minimum atomic E-state index is 0.578. The first-order chi connectivity index (χ1) is 9.74. The Morgan fingerprint density at radius 2 is 1.85 bits per heavy atom. The highest BCUT2D eigenvalue weighted by Gasteiger charge is 2.24. The monoisotopic (exact) mass is 271 g/mol. The van der Waals surface area contributed by atoms with Crippen molar-refractivity contribution >= 4 is 0 Å². The van der Waals surface area contributed by atoms with Gasteiger partial charge in [-0.05, 0) is 31.5 Å². The predicted molar refractivity (Wildman–Crippen MR) is 78.7 cm³/mol. The van der Waals surface area contributed by atoms with Crippen LogP contribution >= 0.6 is 0 Å². The molecule has 1 saturated heterocycles. The van der Waals surface area contributed by atoms with Crippen LogP contribution in [0.1, 0.15) is 19.4 Å². The van der Waals surface area contributed by atoms with E-state index in [-0.39, 0.29) is 0 Å². The number of hydrogen-bond donors (Lipinski definition) is 1. The van der Waals surface area contributed by atoms with Gasteiger partial charge in [0.1, 0.15) is 12.7 Å². The second kappa shape index (κ2) is 5.73. The molecule has 0 spiro atoms. The molecule has 0 saturated carbocycles. The van der Waals surface area contributed by atoms with Gasteiger partial charge in [-0.15, -0.1) is 0 Å². The summed E-state index contributed by atoms with van der Waals surface area (Å²) in [6.07, 6.45) is 3.27. The minimum absolute atomic E-state index is 0.578. The van der Waals surface area contributed by atoms with Crippen molar-refractivity contribution in [3.8, 4) is 5.69 Å². The SMILES string of the molecule is C[C@@H]1CNC[C@@H](C)N1Cc1ccc(-n2cncn2)cc1. The smallest absolute Gasteiger partial charge is 0.138 e. The molecule has 2 heterocycles. The fraction of sp³-hybridized carbons (Fsp3) is 0.467. The van der Waals surface area contributed by atoms with Crippen LogP contribution in [0.4, 0.5) is 0 Å². The Bertz CT molecular complexity index is 524. The van der Waals surface area contributed by atoms with Gasteiger partial charge in [0, 0.05) is 31.7 Å². The van der Waals surface area contributed by atoms with Crippen LogP contribution in [0.3, 0.4) is 0 Å². The standard InChI is InChI=1S/C15H21N5/c1-12-7-16-8-13(2)19(12)9-14-3-5-15(6-4-14)20-11-17-10-18-20/h3-6,10-13,16H,7-9H2,1-2H3/t12-,13-/m1/s1. The van der Waals surface area contributed by atoms with E-state index in [1.54, 1.807) is 17.3 Å². The van der Waals surface area contributed by atoms with Gasteiger partial charge in [0.2, 0.25) is 0 Å². The lowest BCUT2D eigenvalue weighted by Gasteiger charge is -2.39. The Kier molecular flexibility index (Phi) is 3.80. The molecule has 1 fully saturated rings. The van der Waals surface area contributed by atoms with Gasteiger partial charge in [0.05, 0.1) is 5.69 Å². The molecule has 1 aromatic heterocycles. The van der Waals surface area contributed by atoms with Crippen LogP contribution in [-0.2, 0) is 6.54 Å². The van der Waals surface area contributed by atoms with Gasteiger partial charge in [0.15, 0.2) is 0 Å². The van der Waals surface area contributed by atoms with Crippen molar-refractivity contribution in [2.75, 3.05) is 13.1 Å². The topological polar surface area (TPSA) is 46.0 Å². The summed E-state index contributed by atoms with van der Waals surface area (Å²) in [4.78, 5) is 6.53. The molecule has 1 aromatic carbocycles. The normalized spacial score (nSPS) is 23.9. The molecule has 1 N–H and O–H groups in total. The summed E-state index contributed by atoms with van der Waals surface area (Å²) >= 11 is 0. The number of aromatic nitrogens is 3. The first-order valence-electron chi connectivity index (χ1n) is 7.14. The first-order valence-corrected chi connectivity index (χ1v) is 7.14. The predicted octanol–water partition coefficient (Wildman–Crippen LogP) is 1.45. The third-order valence-electron chi connectivity index (χ3n) is 4.00. The first kappa shape index (κ1) is 13.3. The van der Waals surface area contributed by atoms with Crippen LogP contribution in [0.2, 0.25) is 0 Å². The van der Waals surface area contributed by atoms with Crippen LogP contribution in [-0.4, -0.2) is 44.8 Å². The Morgan fingerprint density at radius 1 is 1.15 bits per heavy atom. The number of hydrogen-bond acceptors (Lipinski definition) is 4. The maximum Gasteiger partial charge on any atom is 0.138 e. The summed E-state index contributed by atoms with van der Waals surface area (Å²) < 4.78 is 1.78. The third kappa shape index (κ3) is 2.73. The molecule has 5 nitrogen and oxygen atoms in total. The van der Waals surface area contributed by atoms with Crippen LogP contribution in [0, 0.1) is 0 Å². The maximum absolute atomic E-state index is 4.14. The molecule has 0 radical (unpaired) electrons. The van der Waals surface area contributed by atoms with Crippen molar-refractivity contribution < 1.29 is 0 Å². The van der Waals surface area contributed by atoms with Gasteiger partial charge in [-0.2, -0.15) is 5.10 Å². The van der Waals surface area contributed by atoms with Gasteiger partial charge in [0.25, 0.3) is 0 Å². The lowest BCUT2D eigenvalue weighted by atomic mass is 10.1. The second-order valence-corrected chi connectivity index (χ2v) is 5.54. The molecule has 20 heavy (non-hydrogen) atoms. The van der Waals surface area contributed by atoms with Crippen molar-refractivity contribution in [1.82, 2.24) is 25.0 Å². The van der Waals surface area contributed by atoms with Crippen LogP contribution in [0.5, 0.6) is 0 Å². The Hall–Kier alpha value is -1.72. The summed E-state index contributed by atoms with van der Waals surface area (Å²) in [5.74, 6) is 0. The molecule has 0 unspecified atom stereocenters. The number of piperazine rings is 1. The van der Waals surface area contributed by atoms with Crippen molar-refractivity contribution in [3.63, 3.8) is 0 Å². The Labute approximate surface area is 119 Å². The minimum Gasteiger partial charge on any atom is -0.314 e. The van der Waals surface area contributed by atoms with E-state index in [9.17, 15) is 0 Å². The van der Waals surface area contributed by atoms with Crippen LogP contribution in [0.25, 0.3) is 5.69 Å². The zero-order valence-electron chi connectivity index (χ0n) is 12.0. The molecule has 106 valence electrons. The summed E-state index contributed by atoms with van der Waals surface area (Å²) in [6, 6.07) is 9.71. The molecule has 0 bridgehead atoms.